The Kier molecular flexibility index (Phi) is 5.12. The van der Waals surface area contributed by atoms with Gasteiger partial charge in [0, 0.05) is 42.7 Å². The summed E-state index contributed by atoms with van der Waals surface area (Å²) in [6.07, 6.45) is 5.24. The molecule has 0 saturated carbocycles. The zero-order valence-corrected chi connectivity index (χ0v) is 12.8. The Morgan fingerprint density at radius 2 is 2.04 bits per heavy atom. The Morgan fingerprint density at radius 1 is 1.12 bits per heavy atom. The fourth-order valence-electron chi connectivity index (χ4n) is 2.24. The molecule has 0 bridgehead atoms. The molecule has 3 rings (SSSR count). The molecule has 0 unspecified atom stereocenters. The van der Waals surface area contributed by atoms with Gasteiger partial charge in [-0.05, 0) is 24.3 Å². The summed E-state index contributed by atoms with van der Waals surface area (Å²) in [6, 6.07) is 7.30. The lowest BCUT2D eigenvalue weighted by molar-refractivity contribution is 0.311. The molecule has 0 amide bonds. The van der Waals surface area contributed by atoms with Crippen molar-refractivity contribution in [2.24, 2.45) is 0 Å². The van der Waals surface area contributed by atoms with Crippen LogP contribution in [-0.4, -0.2) is 28.3 Å². The standard InChI is InChI=1S/C17H16F2N4O/c18-15-4-3-14(8-16(15)19)24-7-6-21-10-13-11-22-23-17(13)12-2-1-5-20-9-12/h1-5,8-9,11,21H,6-7,10H2,(H,22,23). The second-order valence-corrected chi connectivity index (χ2v) is 5.11. The summed E-state index contributed by atoms with van der Waals surface area (Å²) in [5.74, 6) is -1.50. The fourth-order valence-corrected chi connectivity index (χ4v) is 2.24. The maximum atomic E-state index is 13.1. The van der Waals surface area contributed by atoms with Crippen LogP contribution in [0.15, 0.2) is 48.9 Å². The highest BCUT2D eigenvalue weighted by atomic mass is 19.2. The molecule has 0 spiro atoms. The fraction of sp³-hybridized carbons (Fsp3) is 0.176. The van der Waals surface area contributed by atoms with Crippen LogP contribution in [0.5, 0.6) is 5.75 Å². The van der Waals surface area contributed by atoms with E-state index in [0.717, 1.165) is 29.0 Å². The van der Waals surface area contributed by atoms with Crippen molar-refractivity contribution < 1.29 is 13.5 Å². The minimum Gasteiger partial charge on any atom is -0.492 e. The Labute approximate surface area is 137 Å². The maximum absolute atomic E-state index is 13.1. The number of aromatic nitrogens is 3. The summed E-state index contributed by atoms with van der Waals surface area (Å²) < 4.78 is 31.3. The molecule has 24 heavy (non-hydrogen) atoms. The van der Waals surface area contributed by atoms with Crippen LogP contribution in [0.2, 0.25) is 0 Å². The minimum absolute atomic E-state index is 0.301. The number of pyridine rings is 1. The molecular weight excluding hydrogens is 314 g/mol. The van der Waals surface area contributed by atoms with E-state index in [9.17, 15) is 8.78 Å². The Bertz CT molecular complexity index is 792. The van der Waals surface area contributed by atoms with Crippen molar-refractivity contribution in [3.05, 3.63) is 66.1 Å². The number of aromatic amines is 1. The highest BCUT2D eigenvalue weighted by molar-refractivity contribution is 5.61. The third-order valence-corrected chi connectivity index (χ3v) is 3.42. The van der Waals surface area contributed by atoms with E-state index in [4.69, 9.17) is 4.74 Å². The molecule has 1 aromatic carbocycles. The van der Waals surface area contributed by atoms with Crippen molar-refractivity contribution in [1.29, 1.82) is 0 Å². The first kappa shape index (κ1) is 16.1. The number of nitrogens with zero attached hydrogens (tertiary/aromatic N) is 2. The number of hydrogen-bond donors (Lipinski definition) is 2. The van der Waals surface area contributed by atoms with Gasteiger partial charge >= 0.3 is 0 Å². The van der Waals surface area contributed by atoms with Crippen molar-refractivity contribution in [2.75, 3.05) is 13.2 Å². The van der Waals surface area contributed by atoms with Gasteiger partial charge in [-0.25, -0.2) is 8.78 Å². The van der Waals surface area contributed by atoms with Crippen LogP contribution in [0.4, 0.5) is 8.78 Å². The van der Waals surface area contributed by atoms with Gasteiger partial charge in [0.25, 0.3) is 0 Å². The van der Waals surface area contributed by atoms with Crippen molar-refractivity contribution in [3.8, 4) is 17.0 Å². The second kappa shape index (κ2) is 7.65. The van der Waals surface area contributed by atoms with Crippen LogP contribution in [0.1, 0.15) is 5.56 Å². The molecule has 0 radical (unpaired) electrons. The first-order valence-corrected chi connectivity index (χ1v) is 7.45. The molecule has 0 aliphatic carbocycles. The average Bonchev–Trinajstić information content (AvgIpc) is 3.07. The summed E-state index contributed by atoms with van der Waals surface area (Å²) in [7, 11) is 0. The topological polar surface area (TPSA) is 62.8 Å². The van der Waals surface area contributed by atoms with E-state index < -0.39 is 11.6 Å². The number of ether oxygens (including phenoxy) is 1. The molecular formula is C17H16F2N4O. The average molecular weight is 330 g/mol. The summed E-state index contributed by atoms with van der Waals surface area (Å²) in [4.78, 5) is 4.09. The Hall–Kier alpha value is -2.80. The van der Waals surface area contributed by atoms with Gasteiger partial charge < -0.3 is 10.1 Å². The smallest absolute Gasteiger partial charge is 0.162 e. The van der Waals surface area contributed by atoms with E-state index in [0.29, 0.717) is 25.4 Å². The molecule has 124 valence electrons. The van der Waals surface area contributed by atoms with E-state index in [1.54, 1.807) is 18.6 Å². The normalized spacial score (nSPS) is 10.8. The molecule has 0 aliphatic rings. The number of H-pyrrole nitrogens is 1. The van der Waals surface area contributed by atoms with E-state index >= 15 is 0 Å². The van der Waals surface area contributed by atoms with Crippen molar-refractivity contribution in [1.82, 2.24) is 20.5 Å². The Morgan fingerprint density at radius 3 is 2.83 bits per heavy atom. The van der Waals surface area contributed by atoms with Crippen LogP contribution >= 0.6 is 0 Å². The van der Waals surface area contributed by atoms with Crippen LogP contribution in [0.25, 0.3) is 11.3 Å². The van der Waals surface area contributed by atoms with Crippen LogP contribution < -0.4 is 10.1 Å². The van der Waals surface area contributed by atoms with E-state index in [1.165, 1.54) is 6.07 Å². The lowest BCUT2D eigenvalue weighted by Crippen LogP contribution is -2.20. The molecule has 3 aromatic rings. The molecule has 0 aliphatic heterocycles. The molecule has 0 fully saturated rings. The molecule has 5 nitrogen and oxygen atoms in total. The maximum Gasteiger partial charge on any atom is 0.162 e. The van der Waals surface area contributed by atoms with Crippen molar-refractivity contribution in [3.63, 3.8) is 0 Å². The summed E-state index contributed by atoms with van der Waals surface area (Å²) in [6.45, 7) is 1.49. The molecule has 2 N–H and O–H groups in total. The zero-order chi connectivity index (χ0) is 16.8. The molecule has 0 saturated heterocycles. The van der Waals surface area contributed by atoms with Crippen molar-refractivity contribution >= 4 is 0 Å². The summed E-state index contributed by atoms with van der Waals surface area (Å²) in [5, 5.41) is 10.2. The molecule has 2 heterocycles. The largest absolute Gasteiger partial charge is 0.492 e. The molecule has 0 atom stereocenters. The summed E-state index contributed by atoms with van der Waals surface area (Å²) in [5.41, 5.74) is 2.89. The SMILES string of the molecule is Fc1ccc(OCCNCc2cn[nH]c2-c2cccnc2)cc1F. The highest BCUT2D eigenvalue weighted by Crippen LogP contribution is 2.19. The second-order valence-electron chi connectivity index (χ2n) is 5.11. The van der Waals surface area contributed by atoms with Gasteiger partial charge in [0.15, 0.2) is 11.6 Å². The zero-order valence-electron chi connectivity index (χ0n) is 12.8. The summed E-state index contributed by atoms with van der Waals surface area (Å²) >= 11 is 0. The van der Waals surface area contributed by atoms with E-state index in [2.05, 4.69) is 20.5 Å². The van der Waals surface area contributed by atoms with Crippen LogP contribution in [0.3, 0.4) is 0 Å². The van der Waals surface area contributed by atoms with Crippen LogP contribution in [0, 0.1) is 11.6 Å². The monoisotopic (exact) mass is 330 g/mol. The highest BCUT2D eigenvalue weighted by Gasteiger charge is 2.07. The first-order valence-electron chi connectivity index (χ1n) is 7.45. The van der Waals surface area contributed by atoms with Gasteiger partial charge in [-0.3, -0.25) is 10.1 Å². The third-order valence-electron chi connectivity index (χ3n) is 3.42. The molecule has 2 aromatic heterocycles. The van der Waals surface area contributed by atoms with Gasteiger partial charge in [-0.1, -0.05) is 0 Å². The molecule has 7 heteroatoms. The van der Waals surface area contributed by atoms with Gasteiger partial charge in [0.2, 0.25) is 0 Å². The van der Waals surface area contributed by atoms with E-state index in [1.807, 2.05) is 12.1 Å². The van der Waals surface area contributed by atoms with Gasteiger partial charge in [-0.2, -0.15) is 5.10 Å². The van der Waals surface area contributed by atoms with Gasteiger partial charge in [-0.15, -0.1) is 0 Å². The number of rotatable bonds is 7. The van der Waals surface area contributed by atoms with Gasteiger partial charge in [0.05, 0.1) is 11.9 Å². The first-order chi connectivity index (χ1) is 11.7. The van der Waals surface area contributed by atoms with Crippen molar-refractivity contribution in [2.45, 2.75) is 6.54 Å². The quantitative estimate of drug-likeness (QED) is 0.654. The van der Waals surface area contributed by atoms with Crippen LogP contribution in [-0.2, 0) is 6.54 Å². The number of nitrogens with one attached hydrogen (secondary N) is 2. The number of benzene rings is 1. The predicted octanol–water partition coefficient (Wildman–Crippen LogP) is 2.92. The minimum atomic E-state index is -0.917. The number of halogens is 2. The lowest BCUT2D eigenvalue weighted by atomic mass is 10.1. The lowest BCUT2D eigenvalue weighted by Gasteiger charge is -2.08. The Balaban J connectivity index is 1.47. The predicted molar refractivity (Wildman–Crippen MR) is 85.4 cm³/mol. The van der Waals surface area contributed by atoms with E-state index in [-0.39, 0.29) is 0 Å². The third kappa shape index (κ3) is 3.94. The van der Waals surface area contributed by atoms with Gasteiger partial charge in [0.1, 0.15) is 12.4 Å². The number of hydrogen-bond acceptors (Lipinski definition) is 4.